The van der Waals surface area contributed by atoms with E-state index in [1.54, 1.807) is 0 Å². The molecule has 0 atom stereocenters. The highest BCUT2D eigenvalue weighted by atomic mass is 16.5. The molecule has 0 aliphatic rings. The van der Waals surface area contributed by atoms with E-state index in [0.29, 0.717) is 6.01 Å². The van der Waals surface area contributed by atoms with Crippen molar-refractivity contribution in [3.8, 4) is 11.8 Å². The molecule has 0 unspecified atom stereocenters. The maximum atomic E-state index is 5.71. The van der Waals surface area contributed by atoms with Crippen molar-refractivity contribution in [2.45, 2.75) is 40.2 Å². The van der Waals surface area contributed by atoms with E-state index < -0.39 is 0 Å². The van der Waals surface area contributed by atoms with E-state index in [1.165, 1.54) is 5.56 Å². The van der Waals surface area contributed by atoms with Crippen molar-refractivity contribution in [1.29, 1.82) is 0 Å². The van der Waals surface area contributed by atoms with Crippen LogP contribution in [0.1, 0.15) is 37.1 Å². The number of rotatable bonds is 7. The summed E-state index contributed by atoms with van der Waals surface area (Å²) in [5, 5.41) is 3.27. The van der Waals surface area contributed by atoms with Gasteiger partial charge in [0.15, 0.2) is 0 Å². The maximum absolute atomic E-state index is 5.71. The molecule has 0 saturated carbocycles. The molecular formula is C17H23N3O. The Balaban J connectivity index is 2.03. The zero-order chi connectivity index (χ0) is 15.1. The Kier molecular flexibility index (Phi) is 5.69. The molecule has 4 nitrogen and oxygen atoms in total. The van der Waals surface area contributed by atoms with Gasteiger partial charge in [0.25, 0.3) is 0 Å². The standard InChI is InChI=1S/C17H23N3O/c1-4-6-14-7-9-16(10-8-14)21-17-19-12-15(11-18-5-2)13(3)20-17/h7-10,12,18H,4-6,11H2,1-3H3. The quantitative estimate of drug-likeness (QED) is 0.843. The van der Waals surface area contributed by atoms with Crippen molar-refractivity contribution in [1.82, 2.24) is 15.3 Å². The van der Waals surface area contributed by atoms with Gasteiger partial charge in [-0.1, -0.05) is 32.4 Å². The smallest absolute Gasteiger partial charge is 0.322 e. The number of benzene rings is 1. The van der Waals surface area contributed by atoms with Gasteiger partial charge < -0.3 is 10.1 Å². The summed E-state index contributed by atoms with van der Waals surface area (Å²) in [6.45, 7) is 7.95. The molecule has 1 N–H and O–H groups in total. The Labute approximate surface area is 126 Å². The normalized spacial score (nSPS) is 10.6. The minimum absolute atomic E-state index is 0.399. The van der Waals surface area contributed by atoms with Crippen LogP contribution in [0.4, 0.5) is 0 Å². The number of aromatic nitrogens is 2. The molecule has 0 spiro atoms. The summed E-state index contributed by atoms with van der Waals surface area (Å²) < 4.78 is 5.71. The lowest BCUT2D eigenvalue weighted by atomic mass is 10.1. The number of nitrogens with one attached hydrogen (secondary N) is 1. The van der Waals surface area contributed by atoms with E-state index in [9.17, 15) is 0 Å². The molecule has 0 fully saturated rings. The first-order chi connectivity index (χ1) is 10.2. The van der Waals surface area contributed by atoms with Crippen LogP contribution in [0, 0.1) is 6.92 Å². The molecule has 4 heteroatoms. The minimum Gasteiger partial charge on any atom is -0.424 e. The number of hydrogen-bond acceptors (Lipinski definition) is 4. The topological polar surface area (TPSA) is 47.0 Å². The summed E-state index contributed by atoms with van der Waals surface area (Å²) in [6.07, 6.45) is 4.07. The lowest BCUT2D eigenvalue weighted by Crippen LogP contribution is -2.13. The van der Waals surface area contributed by atoms with Gasteiger partial charge in [-0.25, -0.2) is 4.98 Å². The second kappa shape index (κ2) is 7.74. The van der Waals surface area contributed by atoms with Gasteiger partial charge in [-0.2, -0.15) is 4.98 Å². The molecular weight excluding hydrogens is 262 g/mol. The molecule has 1 heterocycles. The SMILES string of the molecule is CCCc1ccc(Oc2ncc(CNCC)c(C)n2)cc1. The highest BCUT2D eigenvalue weighted by molar-refractivity contribution is 5.29. The van der Waals surface area contributed by atoms with Crippen LogP contribution in [0.3, 0.4) is 0 Å². The average Bonchev–Trinajstić information content (AvgIpc) is 2.49. The molecule has 112 valence electrons. The molecule has 0 aliphatic carbocycles. The van der Waals surface area contributed by atoms with Crippen LogP contribution in [0.2, 0.25) is 0 Å². The third-order valence-corrected chi connectivity index (χ3v) is 3.30. The van der Waals surface area contributed by atoms with Gasteiger partial charge in [0.1, 0.15) is 5.75 Å². The van der Waals surface area contributed by atoms with Crippen LogP contribution in [-0.2, 0) is 13.0 Å². The first-order valence-electron chi connectivity index (χ1n) is 7.53. The van der Waals surface area contributed by atoms with Crippen LogP contribution in [0.25, 0.3) is 0 Å². The van der Waals surface area contributed by atoms with E-state index in [1.807, 2.05) is 25.3 Å². The Morgan fingerprint density at radius 3 is 2.52 bits per heavy atom. The van der Waals surface area contributed by atoms with Crippen LogP contribution in [0.5, 0.6) is 11.8 Å². The zero-order valence-electron chi connectivity index (χ0n) is 13.0. The number of hydrogen-bond donors (Lipinski definition) is 1. The summed E-state index contributed by atoms with van der Waals surface area (Å²) >= 11 is 0. The maximum Gasteiger partial charge on any atom is 0.322 e. The summed E-state index contributed by atoms with van der Waals surface area (Å²) in [6, 6.07) is 8.51. The second-order valence-electron chi connectivity index (χ2n) is 5.04. The second-order valence-corrected chi connectivity index (χ2v) is 5.04. The molecule has 1 aromatic heterocycles. The number of ether oxygens (including phenoxy) is 1. The van der Waals surface area contributed by atoms with Gasteiger partial charge in [0.2, 0.25) is 0 Å². The third-order valence-electron chi connectivity index (χ3n) is 3.30. The van der Waals surface area contributed by atoms with E-state index >= 15 is 0 Å². The van der Waals surface area contributed by atoms with Gasteiger partial charge in [-0.15, -0.1) is 0 Å². The van der Waals surface area contributed by atoms with E-state index in [0.717, 1.165) is 42.9 Å². The Morgan fingerprint density at radius 2 is 1.90 bits per heavy atom. The summed E-state index contributed by atoms with van der Waals surface area (Å²) in [5.41, 5.74) is 3.37. The number of aryl methyl sites for hydroxylation is 2. The van der Waals surface area contributed by atoms with Crippen molar-refractivity contribution in [3.05, 3.63) is 47.3 Å². The molecule has 0 bridgehead atoms. The van der Waals surface area contributed by atoms with Gasteiger partial charge in [-0.05, 0) is 37.6 Å². The van der Waals surface area contributed by atoms with Crippen molar-refractivity contribution in [2.24, 2.45) is 0 Å². The lowest BCUT2D eigenvalue weighted by Gasteiger charge is -2.08. The summed E-state index contributed by atoms with van der Waals surface area (Å²) in [4.78, 5) is 8.68. The van der Waals surface area contributed by atoms with E-state index in [2.05, 4.69) is 41.3 Å². The van der Waals surface area contributed by atoms with Crippen LogP contribution in [-0.4, -0.2) is 16.5 Å². The number of nitrogens with zero attached hydrogens (tertiary/aromatic N) is 2. The lowest BCUT2D eigenvalue weighted by molar-refractivity contribution is 0.439. The van der Waals surface area contributed by atoms with Crippen LogP contribution >= 0.6 is 0 Å². The predicted molar refractivity (Wildman–Crippen MR) is 84.7 cm³/mol. The van der Waals surface area contributed by atoms with Crippen LogP contribution in [0.15, 0.2) is 30.5 Å². The molecule has 0 radical (unpaired) electrons. The van der Waals surface area contributed by atoms with Gasteiger partial charge in [-0.3, -0.25) is 0 Å². The van der Waals surface area contributed by atoms with Gasteiger partial charge in [0, 0.05) is 24.0 Å². The Bertz CT molecular complexity index is 567. The zero-order valence-corrected chi connectivity index (χ0v) is 13.0. The van der Waals surface area contributed by atoms with Crippen molar-refractivity contribution >= 4 is 0 Å². The molecule has 0 amide bonds. The monoisotopic (exact) mass is 285 g/mol. The largest absolute Gasteiger partial charge is 0.424 e. The highest BCUT2D eigenvalue weighted by Gasteiger charge is 2.05. The molecule has 0 saturated heterocycles. The molecule has 21 heavy (non-hydrogen) atoms. The van der Waals surface area contributed by atoms with E-state index in [-0.39, 0.29) is 0 Å². The van der Waals surface area contributed by atoms with Gasteiger partial charge >= 0.3 is 6.01 Å². The van der Waals surface area contributed by atoms with E-state index in [4.69, 9.17) is 4.74 Å². The highest BCUT2D eigenvalue weighted by Crippen LogP contribution is 2.19. The third kappa shape index (κ3) is 4.53. The van der Waals surface area contributed by atoms with Crippen molar-refractivity contribution in [3.63, 3.8) is 0 Å². The Hall–Kier alpha value is -1.94. The molecule has 2 rings (SSSR count). The fraction of sp³-hybridized carbons (Fsp3) is 0.412. The van der Waals surface area contributed by atoms with Crippen LogP contribution < -0.4 is 10.1 Å². The fourth-order valence-corrected chi connectivity index (χ4v) is 2.07. The van der Waals surface area contributed by atoms with Gasteiger partial charge in [0.05, 0.1) is 0 Å². The first kappa shape index (κ1) is 15.4. The average molecular weight is 285 g/mol. The predicted octanol–water partition coefficient (Wildman–Crippen LogP) is 3.64. The molecule has 0 aliphatic heterocycles. The summed E-state index contributed by atoms with van der Waals surface area (Å²) in [5.74, 6) is 0.772. The first-order valence-corrected chi connectivity index (χ1v) is 7.53. The minimum atomic E-state index is 0.399. The molecule has 1 aromatic carbocycles. The Morgan fingerprint density at radius 1 is 1.14 bits per heavy atom. The fourth-order valence-electron chi connectivity index (χ4n) is 2.07. The summed E-state index contributed by atoms with van der Waals surface area (Å²) in [7, 11) is 0. The molecule has 2 aromatic rings. The van der Waals surface area contributed by atoms with Crippen molar-refractivity contribution in [2.75, 3.05) is 6.54 Å². The van der Waals surface area contributed by atoms with Crippen molar-refractivity contribution < 1.29 is 4.74 Å².